The molecule has 0 spiro atoms. The van der Waals surface area contributed by atoms with Crippen LogP contribution in [-0.4, -0.2) is 41.7 Å². The molecule has 0 saturated heterocycles. The zero-order valence-corrected chi connectivity index (χ0v) is 19.1. The standard InChI is InChI=1S/C24H29F2N5O2/c1-14-9-15(11-17(10-14)29-22-27-8-6-18(30-22)20(25)26)16-12-28-31(13-16)19-5-7-23(2,3)21(32)24(19,4)33/h6,8-13,19-21,32-33H,5,7H2,1-4H3,(H,27,29,30). The third kappa shape index (κ3) is 4.60. The molecule has 7 nitrogen and oxygen atoms in total. The van der Waals surface area contributed by atoms with E-state index in [2.05, 4.69) is 20.4 Å². The van der Waals surface area contributed by atoms with Gasteiger partial charge in [-0.2, -0.15) is 5.10 Å². The summed E-state index contributed by atoms with van der Waals surface area (Å²) in [6, 6.07) is 6.55. The number of benzene rings is 1. The number of aromatic nitrogens is 4. The van der Waals surface area contributed by atoms with Gasteiger partial charge in [-0.25, -0.2) is 18.7 Å². The maximum atomic E-state index is 13.0. The van der Waals surface area contributed by atoms with Crippen LogP contribution < -0.4 is 5.32 Å². The quantitative estimate of drug-likeness (QED) is 0.509. The summed E-state index contributed by atoms with van der Waals surface area (Å²) < 4.78 is 27.6. The van der Waals surface area contributed by atoms with Gasteiger partial charge in [0.1, 0.15) is 11.3 Å². The van der Waals surface area contributed by atoms with Crippen molar-refractivity contribution in [2.75, 3.05) is 5.32 Å². The molecule has 0 aliphatic heterocycles. The minimum absolute atomic E-state index is 0.0925. The van der Waals surface area contributed by atoms with Crippen LogP contribution in [0.3, 0.4) is 0 Å². The molecule has 3 atom stereocenters. The Hall–Kier alpha value is -2.91. The summed E-state index contributed by atoms with van der Waals surface area (Å²) in [6.07, 6.45) is 2.77. The summed E-state index contributed by atoms with van der Waals surface area (Å²) in [6.45, 7) is 7.50. The highest BCUT2D eigenvalue weighted by atomic mass is 19.3. The van der Waals surface area contributed by atoms with Crippen molar-refractivity contribution in [3.63, 3.8) is 0 Å². The number of halogens is 2. The van der Waals surface area contributed by atoms with E-state index in [1.807, 2.05) is 45.2 Å². The van der Waals surface area contributed by atoms with Crippen LogP contribution in [0.5, 0.6) is 0 Å². The lowest BCUT2D eigenvalue weighted by Crippen LogP contribution is -2.57. The Morgan fingerprint density at radius 3 is 2.67 bits per heavy atom. The monoisotopic (exact) mass is 457 g/mol. The molecule has 4 rings (SSSR count). The lowest BCUT2D eigenvalue weighted by molar-refractivity contribution is -0.170. The number of nitrogens with zero attached hydrogens (tertiary/aromatic N) is 4. The molecular formula is C24H29F2N5O2. The molecule has 3 aromatic rings. The van der Waals surface area contributed by atoms with E-state index in [0.29, 0.717) is 12.1 Å². The SMILES string of the molecule is Cc1cc(Nc2nccc(C(F)F)n2)cc(-c2cnn(C3CCC(C)(C)C(O)C3(C)O)c2)c1. The van der Waals surface area contributed by atoms with E-state index in [1.165, 1.54) is 12.3 Å². The van der Waals surface area contributed by atoms with Crippen molar-refractivity contribution in [2.24, 2.45) is 5.41 Å². The van der Waals surface area contributed by atoms with Crippen molar-refractivity contribution in [2.45, 2.75) is 64.7 Å². The van der Waals surface area contributed by atoms with E-state index in [9.17, 15) is 19.0 Å². The highest BCUT2D eigenvalue weighted by Gasteiger charge is 2.51. The number of nitrogens with one attached hydrogen (secondary N) is 1. The molecule has 2 heterocycles. The van der Waals surface area contributed by atoms with Crippen LogP contribution in [0, 0.1) is 12.3 Å². The predicted molar refractivity (Wildman–Crippen MR) is 121 cm³/mol. The second-order valence-corrected chi connectivity index (χ2v) is 9.70. The zero-order chi connectivity index (χ0) is 24.0. The van der Waals surface area contributed by atoms with Crippen LogP contribution in [0.2, 0.25) is 0 Å². The molecule has 1 aliphatic carbocycles. The molecule has 9 heteroatoms. The van der Waals surface area contributed by atoms with Crippen LogP contribution in [0.25, 0.3) is 11.1 Å². The molecule has 1 fully saturated rings. The molecule has 0 radical (unpaired) electrons. The second-order valence-electron chi connectivity index (χ2n) is 9.70. The maximum Gasteiger partial charge on any atom is 0.280 e. The summed E-state index contributed by atoms with van der Waals surface area (Å²) in [4.78, 5) is 7.89. The summed E-state index contributed by atoms with van der Waals surface area (Å²) in [5.74, 6) is 0.0925. The molecule has 0 bridgehead atoms. The van der Waals surface area contributed by atoms with Crippen molar-refractivity contribution in [1.29, 1.82) is 0 Å². The van der Waals surface area contributed by atoms with Crippen molar-refractivity contribution < 1.29 is 19.0 Å². The van der Waals surface area contributed by atoms with Gasteiger partial charge in [0, 0.05) is 23.6 Å². The lowest BCUT2D eigenvalue weighted by Gasteiger charge is -2.49. The Balaban J connectivity index is 1.60. The van der Waals surface area contributed by atoms with Gasteiger partial charge >= 0.3 is 0 Å². The molecule has 1 aromatic carbocycles. The Bertz CT molecular complexity index is 1150. The largest absolute Gasteiger partial charge is 0.389 e. The number of hydrogen-bond acceptors (Lipinski definition) is 6. The van der Waals surface area contributed by atoms with E-state index < -0.39 is 18.1 Å². The van der Waals surface area contributed by atoms with Gasteiger partial charge in [0.25, 0.3) is 6.43 Å². The van der Waals surface area contributed by atoms with Gasteiger partial charge in [0.2, 0.25) is 5.95 Å². The fraction of sp³-hybridized carbons (Fsp3) is 0.458. The molecule has 0 amide bonds. The fourth-order valence-electron chi connectivity index (χ4n) is 4.67. The smallest absolute Gasteiger partial charge is 0.280 e. The Morgan fingerprint density at radius 1 is 1.18 bits per heavy atom. The van der Waals surface area contributed by atoms with Crippen molar-refractivity contribution >= 4 is 11.6 Å². The average molecular weight is 458 g/mol. The summed E-state index contributed by atoms with van der Waals surface area (Å²) in [5.41, 5.74) is 1.27. The molecule has 3 N–H and O–H groups in total. The zero-order valence-electron chi connectivity index (χ0n) is 19.1. The summed E-state index contributed by atoms with van der Waals surface area (Å²) in [5, 5.41) is 29.3. The number of aryl methyl sites for hydroxylation is 1. The number of aliphatic hydroxyl groups excluding tert-OH is 1. The van der Waals surface area contributed by atoms with Crippen LogP contribution in [-0.2, 0) is 0 Å². The van der Waals surface area contributed by atoms with E-state index in [-0.39, 0.29) is 23.1 Å². The van der Waals surface area contributed by atoms with E-state index in [0.717, 1.165) is 23.1 Å². The number of hydrogen-bond donors (Lipinski definition) is 3. The topological polar surface area (TPSA) is 96.1 Å². The van der Waals surface area contributed by atoms with Crippen LogP contribution in [0.4, 0.5) is 20.4 Å². The predicted octanol–water partition coefficient (Wildman–Crippen LogP) is 4.80. The first kappa shape index (κ1) is 23.3. The molecule has 1 saturated carbocycles. The number of rotatable bonds is 5. The average Bonchev–Trinajstić information content (AvgIpc) is 3.22. The molecular weight excluding hydrogens is 428 g/mol. The first-order valence-corrected chi connectivity index (χ1v) is 10.9. The van der Waals surface area contributed by atoms with Crippen molar-refractivity contribution in [1.82, 2.24) is 19.7 Å². The molecule has 176 valence electrons. The maximum absolute atomic E-state index is 13.0. The highest BCUT2D eigenvalue weighted by Crippen LogP contribution is 2.46. The minimum Gasteiger partial charge on any atom is -0.389 e. The number of anilines is 2. The van der Waals surface area contributed by atoms with Crippen LogP contribution >= 0.6 is 0 Å². The van der Waals surface area contributed by atoms with Gasteiger partial charge < -0.3 is 15.5 Å². The molecule has 33 heavy (non-hydrogen) atoms. The normalized spacial score (nSPS) is 24.8. The van der Waals surface area contributed by atoms with Crippen LogP contribution in [0.1, 0.15) is 57.3 Å². The van der Waals surface area contributed by atoms with Gasteiger partial charge in [-0.15, -0.1) is 0 Å². The van der Waals surface area contributed by atoms with E-state index in [4.69, 9.17) is 0 Å². The van der Waals surface area contributed by atoms with Gasteiger partial charge in [-0.05, 0) is 61.4 Å². The molecule has 3 unspecified atom stereocenters. The summed E-state index contributed by atoms with van der Waals surface area (Å²) in [7, 11) is 0. The number of alkyl halides is 2. The summed E-state index contributed by atoms with van der Waals surface area (Å²) >= 11 is 0. The Labute approximate surface area is 191 Å². The minimum atomic E-state index is -2.67. The van der Waals surface area contributed by atoms with E-state index >= 15 is 0 Å². The van der Waals surface area contributed by atoms with Gasteiger partial charge in [-0.1, -0.05) is 19.9 Å². The van der Waals surface area contributed by atoms with Gasteiger partial charge in [0.15, 0.2) is 0 Å². The molecule has 1 aliphatic rings. The Morgan fingerprint density at radius 2 is 1.94 bits per heavy atom. The fourth-order valence-corrected chi connectivity index (χ4v) is 4.67. The van der Waals surface area contributed by atoms with E-state index in [1.54, 1.807) is 17.8 Å². The Kier molecular flexibility index (Phi) is 5.96. The van der Waals surface area contributed by atoms with Crippen molar-refractivity contribution in [3.8, 4) is 11.1 Å². The first-order chi connectivity index (χ1) is 15.5. The van der Waals surface area contributed by atoms with Crippen molar-refractivity contribution in [3.05, 3.63) is 54.1 Å². The number of aliphatic hydroxyl groups is 2. The molecule has 2 aromatic heterocycles. The van der Waals surface area contributed by atoms with Gasteiger partial charge in [0.05, 0.1) is 18.3 Å². The lowest BCUT2D eigenvalue weighted by atomic mass is 9.65. The highest BCUT2D eigenvalue weighted by molar-refractivity contribution is 5.70. The van der Waals surface area contributed by atoms with Crippen LogP contribution in [0.15, 0.2) is 42.9 Å². The van der Waals surface area contributed by atoms with Gasteiger partial charge in [-0.3, -0.25) is 4.68 Å². The third-order valence-electron chi connectivity index (χ3n) is 6.52. The third-order valence-corrected chi connectivity index (χ3v) is 6.52. The first-order valence-electron chi connectivity index (χ1n) is 10.9. The second kappa shape index (κ2) is 8.46.